The minimum absolute atomic E-state index is 0.0664. The normalized spacial score (nSPS) is 16.2. The Morgan fingerprint density at radius 3 is 2.62 bits per heavy atom. The van der Waals surface area contributed by atoms with Crippen LogP contribution in [0.25, 0.3) is 0 Å². The molecule has 1 fully saturated rings. The molecule has 1 atom stereocenters. The molecule has 2 rings (SSSR count). The van der Waals surface area contributed by atoms with Crippen LogP contribution in [0.2, 0.25) is 0 Å². The second-order valence-electron chi connectivity index (χ2n) is 5.47. The van der Waals surface area contributed by atoms with Crippen molar-refractivity contribution in [3.8, 4) is 6.07 Å². The van der Waals surface area contributed by atoms with Crippen molar-refractivity contribution in [3.63, 3.8) is 0 Å². The topological polar surface area (TPSA) is 81.0 Å². The summed E-state index contributed by atoms with van der Waals surface area (Å²) in [7, 11) is 3.71. The molecule has 1 aliphatic heterocycles. The highest BCUT2D eigenvalue weighted by molar-refractivity contribution is 5.45. The maximum absolute atomic E-state index is 8.94. The van der Waals surface area contributed by atoms with Crippen LogP contribution >= 0.6 is 0 Å². The number of nitrogens with one attached hydrogen (secondary N) is 1. The van der Waals surface area contributed by atoms with Crippen LogP contribution in [0.4, 0.5) is 17.8 Å². The summed E-state index contributed by atoms with van der Waals surface area (Å²) in [5, 5.41) is 11.9. The lowest BCUT2D eigenvalue weighted by Crippen LogP contribution is -2.32. The predicted molar refractivity (Wildman–Crippen MR) is 83.5 cm³/mol. The number of hydrogen-bond donors (Lipinski definition) is 1. The standard InChI is InChI=1S/C14H23N7/c1-11(9-15)10-20(3)13-17-12(16-2)18-14(19-13)21-7-5-4-6-8-21/h11H,4-8,10H2,1-3H3,(H,16,17,18,19). The van der Waals surface area contributed by atoms with E-state index in [4.69, 9.17) is 5.26 Å². The number of aromatic nitrogens is 3. The second kappa shape index (κ2) is 7.07. The van der Waals surface area contributed by atoms with Gasteiger partial charge in [0.05, 0.1) is 12.0 Å². The molecule has 0 spiro atoms. The van der Waals surface area contributed by atoms with Gasteiger partial charge >= 0.3 is 0 Å². The molecule has 21 heavy (non-hydrogen) atoms. The lowest BCUT2D eigenvalue weighted by molar-refractivity contribution is 0.567. The molecule has 0 aliphatic carbocycles. The zero-order valence-electron chi connectivity index (χ0n) is 13.0. The monoisotopic (exact) mass is 289 g/mol. The highest BCUT2D eigenvalue weighted by Gasteiger charge is 2.18. The number of rotatable bonds is 5. The summed E-state index contributed by atoms with van der Waals surface area (Å²) in [5.41, 5.74) is 0. The number of nitriles is 1. The maximum Gasteiger partial charge on any atom is 0.231 e. The van der Waals surface area contributed by atoms with Gasteiger partial charge in [-0.1, -0.05) is 0 Å². The van der Waals surface area contributed by atoms with Crippen molar-refractivity contribution >= 4 is 17.8 Å². The van der Waals surface area contributed by atoms with Gasteiger partial charge in [0.2, 0.25) is 17.8 Å². The Bertz CT molecular complexity index is 505. The van der Waals surface area contributed by atoms with Crippen molar-refractivity contribution in [1.82, 2.24) is 15.0 Å². The van der Waals surface area contributed by atoms with E-state index in [9.17, 15) is 0 Å². The smallest absolute Gasteiger partial charge is 0.231 e. The molecule has 0 amide bonds. The molecule has 0 bridgehead atoms. The fourth-order valence-electron chi connectivity index (χ4n) is 2.40. The van der Waals surface area contributed by atoms with Crippen molar-refractivity contribution < 1.29 is 0 Å². The Morgan fingerprint density at radius 2 is 2.00 bits per heavy atom. The van der Waals surface area contributed by atoms with Gasteiger partial charge in [0.1, 0.15) is 0 Å². The summed E-state index contributed by atoms with van der Waals surface area (Å²) < 4.78 is 0. The number of nitrogens with zero attached hydrogens (tertiary/aromatic N) is 6. The maximum atomic E-state index is 8.94. The van der Waals surface area contributed by atoms with Crippen LogP contribution < -0.4 is 15.1 Å². The van der Waals surface area contributed by atoms with E-state index in [0.717, 1.165) is 19.0 Å². The summed E-state index contributed by atoms with van der Waals surface area (Å²) in [4.78, 5) is 17.5. The molecule has 114 valence electrons. The van der Waals surface area contributed by atoms with Crippen molar-refractivity contribution in [2.45, 2.75) is 26.2 Å². The van der Waals surface area contributed by atoms with Gasteiger partial charge in [-0.15, -0.1) is 0 Å². The summed E-state index contributed by atoms with van der Waals surface area (Å²) in [5.74, 6) is 1.83. The Morgan fingerprint density at radius 1 is 1.29 bits per heavy atom. The van der Waals surface area contributed by atoms with Crippen molar-refractivity contribution in [2.75, 3.05) is 48.8 Å². The van der Waals surface area contributed by atoms with Gasteiger partial charge in [-0.2, -0.15) is 20.2 Å². The summed E-state index contributed by atoms with van der Waals surface area (Å²) in [6.45, 7) is 4.47. The molecule has 7 nitrogen and oxygen atoms in total. The van der Waals surface area contributed by atoms with Crippen LogP contribution in [0.15, 0.2) is 0 Å². The first kappa shape index (κ1) is 15.3. The van der Waals surface area contributed by atoms with Crippen LogP contribution in [0.1, 0.15) is 26.2 Å². The van der Waals surface area contributed by atoms with Crippen LogP contribution in [0.3, 0.4) is 0 Å². The average molecular weight is 289 g/mol. The number of piperidine rings is 1. The predicted octanol–water partition coefficient (Wildman–Crippen LogP) is 1.50. The first-order valence-electron chi connectivity index (χ1n) is 7.43. The highest BCUT2D eigenvalue weighted by Crippen LogP contribution is 2.20. The van der Waals surface area contributed by atoms with E-state index in [0.29, 0.717) is 18.4 Å². The fourth-order valence-corrected chi connectivity index (χ4v) is 2.40. The summed E-state index contributed by atoms with van der Waals surface area (Å²) in [6, 6.07) is 2.23. The molecule has 0 radical (unpaired) electrons. The Balaban J connectivity index is 2.22. The van der Waals surface area contributed by atoms with Gasteiger partial charge in [-0.25, -0.2) is 0 Å². The van der Waals surface area contributed by atoms with E-state index in [1.54, 1.807) is 7.05 Å². The third-order valence-electron chi connectivity index (χ3n) is 3.58. The fraction of sp³-hybridized carbons (Fsp3) is 0.714. The Labute approximate surface area is 126 Å². The molecule has 1 saturated heterocycles. The van der Waals surface area contributed by atoms with Gasteiger partial charge in [0, 0.05) is 33.7 Å². The van der Waals surface area contributed by atoms with Crippen molar-refractivity contribution in [3.05, 3.63) is 0 Å². The lowest BCUT2D eigenvalue weighted by Gasteiger charge is -2.28. The van der Waals surface area contributed by atoms with Crippen LogP contribution in [-0.4, -0.2) is 48.7 Å². The van der Waals surface area contributed by atoms with Crippen LogP contribution in [-0.2, 0) is 0 Å². The average Bonchev–Trinajstić information content (AvgIpc) is 2.54. The molecule has 2 heterocycles. The quantitative estimate of drug-likeness (QED) is 0.879. The zero-order chi connectivity index (χ0) is 15.2. The van der Waals surface area contributed by atoms with E-state index in [-0.39, 0.29) is 5.92 Å². The van der Waals surface area contributed by atoms with Gasteiger partial charge in [0.25, 0.3) is 0 Å². The molecule has 7 heteroatoms. The van der Waals surface area contributed by atoms with E-state index in [1.165, 1.54) is 19.3 Å². The first-order valence-corrected chi connectivity index (χ1v) is 7.43. The molecule has 0 aromatic carbocycles. The largest absolute Gasteiger partial charge is 0.357 e. The number of anilines is 3. The van der Waals surface area contributed by atoms with Gasteiger partial charge in [-0.3, -0.25) is 0 Å². The minimum Gasteiger partial charge on any atom is -0.357 e. The third kappa shape index (κ3) is 3.94. The molecule has 1 N–H and O–H groups in total. The Kier molecular flexibility index (Phi) is 5.14. The van der Waals surface area contributed by atoms with E-state index in [1.807, 2.05) is 18.9 Å². The first-order chi connectivity index (χ1) is 10.1. The lowest BCUT2D eigenvalue weighted by atomic mass is 10.1. The summed E-state index contributed by atoms with van der Waals surface area (Å²) >= 11 is 0. The van der Waals surface area contributed by atoms with E-state index >= 15 is 0 Å². The molecule has 1 aromatic rings. The molecule has 1 aliphatic rings. The van der Waals surface area contributed by atoms with Gasteiger partial charge in [-0.05, 0) is 26.2 Å². The van der Waals surface area contributed by atoms with Crippen molar-refractivity contribution in [1.29, 1.82) is 5.26 Å². The molecule has 1 unspecified atom stereocenters. The molecular formula is C14H23N7. The molecular weight excluding hydrogens is 266 g/mol. The Hall–Kier alpha value is -2.10. The van der Waals surface area contributed by atoms with Crippen LogP contribution in [0.5, 0.6) is 0 Å². The molecule has 0 saturated carbocycles. The minimum atomic E-state index is -0.0664. The van der Waals surface area contributed by atoms with Gasteiger partial charge in [0.15, 0.2) is 0 Å². The zero-order valence-corrected chi connectivity index (χ0v) is 13.0. The van der Waals surface area contributed by atoms with E-state index < -0.39 is 0 Å². The number of hydrogen-bond acceptors (Lipinski definition) is 7. The van der Waals surface area contributed by atoms with Crippen LogP contribution in [0, 0.1) is 17.2 Å². The van der Waals surface area contributed by atoms with Gasteiger partial charge < -0.3 is 15.1 Å². The highest BCUT2D eigenvalue weighted by atomic mass is 15.4. The van der Waals surface area contributed by atoms with E-state index in [2.05, 4.69) is 31.2 Å². The third-order valence-corrected chi connectivity index (χ3v) is 3.58. The van der Waals surface area contributed by atoms with Crippen molar-refractivity contribution in [2.24, 2.45) is 5.92 Å². The summed E-state index contributed by atoms with van der Waals surface area (Å²) in [6.07, 6.45) is 3.63. The second-order valence-corrected chi connectivity index (χ2v) is 5.47. The SMILES string of the molecule is CNc1nc(N(C)CC(C)C#N)nc(N2CCCCC2)n1. The molecule has 1 aromatic heterocycles.